The van der Waals surface area contributed by atoms with Gasteiger partial charge in [0.05, 0.1) is 9.75 Å². The summed E-state index contributed by atoms with van der Waals surface area (Å²) in [5.41, 5.74) is 0. The summed E-state index contributed by atoms with van der Waals surface area (Å²) in [4.78, 5) is 9.58. The third kappa shape index (κ3) is 2.10. The predicted molar refractivity (Wildman–Crippen MR) is 59.8 cm³/mol. The molecule has 15 heavy (non-hydrogen) atoms. The molecule has 0 unspecified atom stereocenters. The van der Waals surface area contributed by atoms with Crippen molar-refractivity contribution < 1.29 is 4.39 Å². The van der Waals surface area contributed by atoms with Crippen molar-refractivity contribution in [3.63, 3.8) is 0 Å². The van der Waals surface area contributed by atoms with Gasteiger partial charge in [-0.2, -0.15) is 0 Å². The molecule has 0 bridgehead atoms. The van der Waals surface area contributed by atoms with Gasteiger partial charge in [0.25, 0.3) is 0 Å². The molecule has 0 aromatic carbocycles. The van der Waals surface area contributed by atoms with Crippen LogP contribution in [0.15, 0.2) is 36.7 Å². The first-order valence-electron chi connectivity index (χ1n) is 4.34. The van der Waals surface area contributed by atoms with Gasteiger partial charge in [-0.15, -0.1) is 11.3 Å². The molecule has 2 nitrogen and oxygen atoms in total. The van der Waals surface area contributed by atoms with Crippen LogP contribution in [0.5, 0.6) is 0 Å². The van der Waals surface area contributed by atoms with Gasteiger partial charge in [0.1, 0.15) is 5.83 Å². The van der Waals surface area contributed by atoms with Crippen LogP contribution >= 0.6 is 11.3 Å². The summed E-state index contributed by atoms with van der Waals surface area (Å²) >= 11 is 1.31. The van der Waals surface area contributed by atoms with E-state index >= 15 is 0 Å². The highest BCUT2D eigenvalue weighted by Crippen LogP contribution is 2.30. The average molecular weight is 219 g/mol. The van der Waals surface area contributed by atoms with Crippen LogP contribution in [0.1, 0.15) is 4.88 Å². The Balaban J connectivity index is 2.36. The van der Waals surface area contributed by atoms with Crippen molar-refractivity contribution in [1.29, 1.82) is 0 Å². The van der Waals surface area contributed by atoms with Gasteiger partial charge in [0.2, 0.25) is 0 Å². The van der Waals surface area contributed by atoms with E-state index in [1.807, 2.05) is 0 Å². The van der Waals surface area contributed by atoms with Gasteiger partial charge in [-0.05, 0) is 31.2 Å². The Morgan fingerprint density at radius 1 is 1.33 bits per heavy atom. The number of thiophene rings is 1. The lowest BCUT2D eigenvalue weighted by atomic mass is 10.3. The summed E-state index contributed by atoms with van der Waals surface area (Å²) < 4.78 is 13.2. The normalized spacial score (nSPS) is 11.7. The maximum atomic E-state index is 13.2. The minimum absolute atomic E-state index is 0.317. The first-order chi connectivity index (χ1) is 7.31. The van der Waals surface area contributed by atoms with Gasteiger partial charge in [-0.25, -0.2) is 14.4 Å². The lowest BCUT2D eigenvalue weighted by Gasteiger charge is -1.92. The Bertz CT molecular complexity index is 476. The number of hydrogen-bond acceptors (Lipinski definition) is 3. The quantitative estimate of drug-likeness (QED) is 0.774. The van der Waals surface area contributed by atoms with Crippen molar-refractivity contribution in [2.75, 3.05) is 0 Å². The molecule has 0 aliphatic rings. The van der Waals surface area contributed by atoms with Crippen LogP contribution in [-0.2, 0) is 0 Å². The van der Waals surface area contributed by atoms with Crippen LogP contribution in [0.2, 0.25) is 0 Å². The van der Waals surface area contributed by atoms with E-state index in [9.17, 15) is 4.39 Å². The molecule has 0 fully saturated rings. The Morgan fingerprint density at radius 2 is 2.07 bits per heavy atom. The SMILES string of the molecule is [CH2]/C=C(\F)c1ccc(-c2ncccn2)s1. The fourth-order valence-electron chi connectivity index (χ4n) is 1.11. The largest absolute Gasteiger partial charge is 0.236 e. The number of allylic oxidation sites excluding steroid dienone is 1. The second kappa shape index (κ2) is 4.31. The van der Waals surface area contributed by atoms with Gasteiger partial charge >= 0.3 is 0 Å². The molecule has 0 aliphatic heterocycles. The average Bonchev–Trinajstić information content (AvgIpc) is 2.78. The zero-order valence-corrected chi connectivity index (χ0v) is 8.67. The zero-order valence-electron chi connectivity index (χ0n) is 7.85. The fraction of sp³-hybridized carbons (Fsp3) is 0. The number of aromatic nitrogens is 2. The minimum atomic E-state index is -0.317. The van der Waals surface area contributed by atoms with E-state index in [1.165, 1.54) is 17.4 Å². The maximum Gasteiger partial charge on any atom is 0.169 e. The predicted octanol–water partition coefficient (Wildman–Crippen LogP) is 3.35. The number of hydrogen-bond donors (Lipinski definition) is 0. The van der Waals surface area contributed by atoms with Crippen LogP contribution in [0, 0.1) is 6.92 Å². The number of halogens is 1. The van der Waals surface area contributed by atoms with E-state index in [4.69, 9.17) is 0 Å². The van der Waals surface area contributed by atoms with Crippen molar-refractivity contribution in [3.05, 3.63) is 48.5 Å². The van der Waals surface area contributed by atoms with Crippen molar-refractivity contribution >= 4 is 17.2 Å². The monoisotopic (exact) mass is 219 g/mol. The van der Waals surface area contributed by atoms with E-state index in [0.29, 0.717) is 10.7 Å². The van der Waals surface area contributed by atoms with Crippen molar-refractivity contribution in [3.8, 4) is 10.7 Å². The minimum Gasteiger partial charge on any atom is -0.236 e. The molecule has 2 rings (SSSR count). The third-order valence-corrected chi connectivity index (χ3v) is 2.90. The highest BCUT2D eigenvalue weighted by Gasteiger charge is 2.07. The smallest absolute Gasteiger partial charge is 0.169 e. The molecule has 0 N–H and O–H groups in total. The zero-order chi connectivity index (χ0) is 10.7. The van der Waals surface area contributed by atoms with Gasteiger partial charge in [0.15, 0.2) is 5.82 Å². The first-order valence-corrected chi connectivity index (χ1v) is 5.15. The van der Waals surface area contributed by atoms with Crippen molar-refractivity contribution in [2.45, 2.75) is 0 Å². The summed E-state index contributed by atoms with van der Waals surface area (Å²) in [7, 11) is 0. The summed E-state index contributed by atoms with van der Waals surface area (Å²) in [6.45, 7) is 3.38. The number of rotatable bonds is 2. The maximum absolute atomic E-state index is 13.2. The Kier molecular flexibility index (Phi) is 2.87. The van der Waals surface area contributed by atoms with Crippen molar-refractivity contribution in [2.24, 2.45) is 0 Å². The van der Waals surface area contributed by atoms with E-state index in [2.05, 4.69) is 16.9 Å². The second-order valence-electron chi connectivity index (χ2n) is 2.79. The van der Waals surface area contributed by atoms with Crippen molar-refractivity contribution in [1.82, 2.24) is 9.97 Å². The van der Waals surface area contributed by atoms with Gasteiger partial charge in [-0.1, -0.05) is 0 Å². The molecular weight excluding hydrogens is 211 g/mol. The molecule has 2 heterocycles. The lowest BCUT2D eigenvalue weighted by molar-refractivity contribution is 0.764. The van der Waals surface area contributed by atoms with E-state index < -0.39 is 0 Å². The summed E-state index contributed by atoms with van der Waals surface area (Å²) in [5, 5.41) is 0. The van der Waals surface area contributed by atoms with E-state index in [-0.39, 0.29) is 5.83 Å². The lowest BCUT2D eigenvalue weighted by Crippen LogP contribution is -1.81. The Hall–Kier alpha value is -1.55. The van der Waals surface area contributed by atoms with E-state index in [0.717, 1.165) is 4.88 Å². The first kappa shape index (κ1) is 9.98. The molecule has 1 radical (unpaired) electrons. The van der Waals surface area contributed by atoms with Gasteiger partial charge < -0.3 is 0 Å². The summed E-state index contributed by atoms with van der Waals surface area (Å²) in [6, 6.07) is 5.25. The Labute approximate surface area is 91.1 Å². The van der Waals surface area contributed by atoms with Crippen LogP contribution < -0.4 is 0 Å². The van der Waals surface area contributed by atoms with Crippen LogP contribution in [0.4, 0.5) is 4.39 Å². The topological polar surface area (TPSA) is 25.8 Å². The van der Waals surface area contributed by atoms with Crippen LogP contribution in [0.3, 0.4) is 0 Å². The third-order valence-electron chi connectivity index (χ3n) is 1.81. The molecule has 0 spiro atoms. The number of nitrogens with zero attached hydrogens (tertiary/aromatic N) is 2. The molecular formula is C11H8FN2S. The molecule has 75 valence electrons. The molecule has 0 saturated carbocycles. The molecule has 0 atom stereocenters. The highest BCUT2D eigenvalue weighted by atomic mass is 32.1. The highest BCUT2D eigenvalue weighted by molar-refractivity contribution is 7.16. The molecule has 0 saturated heterocycles. The Morgan fingerprint density at radius 3 is 2.73 bits per heavy atom. The van der Waals surface area contributed by atoms with Crippen LogP contribution in [-0.4, -0.2) is 9.97 Å². The summed E-state index contributed by atoms with van der Waals surface area (Å²) in [6.07, 6.45) is 4.52. The van der Waals surface area contributed by atoms with E-state index in [1.54, 1.807) is 30.6 Å². The fourth-order valence-corrected chi connectivity index (χ4v) is 2.00. The van der Waals surface area contributed by atoms with Gasteiger partial charge in [0, 0.05) is 12.4 Å². The molecule has 2 aromatic heterocycles. The molecule has 0 amide bonds. The van der Waals surface area contributed by atoms with Gasteiger partial charge in [-0.3, -0.25) is 0 Å². The summed E-state index contributed by atoms with van der Waals surface area (Å²) in [5.74, 6) is 0.299. The molecule has 0 aliphatic carbocycles. The van der Waals surface area contributed by atoms with Crippen LogP contribution in [0.25, 0.3) is 16.5 Å². The molecule has 4 heteroatoms. The standard InChI is InChI=1S/C11H8FN2S/c1-2-8(12)9-4-5-10(15-9)11-13-6-3-7-14-11/h2-7H,1H2/b8-2-. The molecule has 2 aromatic rings. The second-order valence-corrected chi connectivity index (χ2v) is 3.87.